The van der Waals surface area contributed by atoms with E-state index in [2.05, 4.69) is 10.6 Å². The Bertz CT molecular complexity index is 363. The fourth-order valence-corrected chi connectivity index (χ4v) is 1.17. The van der Waals surface area contributed by atoms with Gasteiger partial charge in [-0.1, -0.05) is 0 Å². The van der Waals surface area contributed by atoms with Gasteiger partial charge in [0.2, 0.25) is 0 Å². The zero-order valence-corrected chi connectivity index (χ0v) is 9.05. The zero-order valence-electron chi connectivity index (χ0n) is 9.05. The third-order valence-corrected chi connectivity index (χ3v) is 2.05. The molecule has 4 N–H and O–H groups in total. The van der Waals surface area contributed by atoms with Gasteiger partial charge in [0.1, 0.15) is 6.04 Å². The molecule has 7 nitrogen and oxygen atoms in total. The first-order valence-electron chi connectivity index (χ1n) is 5.02. The summed E-state index contributed by atoms with van der Waals surface area (Å²) in [6, 6.07) is -0.0146. The smallest absolute Gasteiger partial charge is 0.326 e. The molecule has 1 aromatic rings. The van der Waals surface area contributed by atoms with Crippen LogP contribution in [0.4, 0.5) is 4.79 Å². The monoisotopic (exact) mass is 242 g/mol. The highest BCUT2D eigenvalue weighted by Crippen LogP contribution is 1.98. The Balaban J connectivity index is 2.34. The highest BCUT2D eigenvalue weighted by molar-refractivity contribution is 5.82. The van der Waals surface area contributed by atoms with E-state index in [9.17, 15) is 9.59 Å². The number of furan rings is 1. The van der Waals surface area contributed by atoms with Crippen molar-refractivity contribution in [2.24, 2.45) is 0 Å². The molecular formula is C10H14N2O5. The maximum atomic E-state index is 11.3. The molecule has 1 heterocycles. The number of carboxylic acid groups (broad SMARTS) is 1. The normalized spacial score (nSPS) is 11.8. The number of carbonyl (C=O) groups is 2. The predicted molar refractivity (Wildman–Crippen MR) is 57.2 cm³/mol. The Kier molecular flexibility index (Phi) is 5.02. The Hall–Kier alpha value is -2.02. The lowest BCUT2D eigenvalue weighted by Gasteiger charge is -2.13. The van der Waals surface area contributed by atoms with Crippen molar-refractivity contribution >= 4 is 12.0 Å². The molecule has 0 fully saturated rings. The molecule has 1 atom stereocenters. The summed E-state index contributed by atoms with van der Waals surface area (Å²) in [5.74, 6) is -1.18. The summed E-state index contributed by atoms with van der Waals surface area (Å²) >= 11 is 0. The van der Waals surface area contributed by atoms with E-state index in [0.717, 1.165) is 5.56 Å². The van der Waals surface area contributed by atoms with Gasteiger partial charge in [-0.25, -0.2) is 9.59 Å². The van der Waals surface area contributed by atoms with E-state index in [4.69, 9.17) is 14.6 Å². The molecule has 0 aliphatic heterocycles. The van der Waals surface area contributed by atoms with Crippen LogP contribution in [0, 0.1) is 0 Å². The number of carbonyl (C=O) groups excluding carboxylic acids is 1. The number of amides is 2. The lowest BCUT2D eigenvalue weighted by molar-refractivity contribution is -0.139. The molecule has 0 saturated heterocycles. The van der Waals surface area contributed by atoms with Gasteiger partial charge in [0.25, 0.3) is 0 Å². The minimum absolute atomic E-state index is 0.0333. The second kappa shape index (κ2) is 6.54. The Morgan fingerprint density at radius 3 is 2.76 bits per heavy atom. The summed E-state index contributed by atoms with van der Waals surface area (Å²) in [5, 5.41) is 22.1. The SMILES string of the molecule is O=C(NCc1ccoc1)NC(CCO)C(=O)O. The summed E-state index contributed by atoms with van der Waals surface area (Å²) < 4.78 is 4.81. The van der Waals surface area contributed by atoms with Gasteiger partial charge in [-0.3, -0.25) is 0 Å². The molecule has 0 radical (unpaired) electrons. The van der Waals surface area contributed by atoms with Crippen molar-refractivity contribution in [1.29, 1.82) is 0 Å². The zero-order chi connectivity index (χ0) is 12.7. The van der Waals surface area contributed by atoms with Gasteiger partial charge in [-0.05, 0) is 6.07 Å². The van der Waals surface area contributed by atoms with Crippen molar-refractivity contribution < 1.29 is 24.2 Å². The summed E-state index contributed by atoms with van der Waals surface area (Å²) in [6.07, 6.45) is 2.91. The van der Waals surface area contributed by atoms with E-state index in [1.54, 1.807) is 6.07 Å². The maximum Gasteiger partial charge on any atom is 0.326 e. The standard InChI is InChI=1S/C10H14N2O5/c13-3-1-8(9(14)15)12-10(16)11-5-7-2-4-17-6-7/h2,4,6,8,13H,1,3,5H2,(H,14,15)(H2,11,12,16). The Labute approximate surface area is 97.4 Å². The number of nitrogens with one attached hydrogen (secondary N) is 2. The molecule has 0 spiro atoms. The molecule has 0 aliphatic rings. The van der Waals surface area contributed by atoms with Gasteiger partial charge >= 0.3 is 12.0 Å². The predicted octanol–water partition coefficient (Wildman–Crippen LogP) is -0.0856. The number of rotatable bonds is 6. The fraction of sp³-hybridized carbons (Fsp3) is 0.400. The van der Waals surface area contributed by atoms with Gasteiger partial charge in [0.15, 0.2) is 0 Å². The highest BCUT2D eigenvalue weighted by atomic mass is 16.4. The summed E-state index contributed by atoms with van der Waals surface area (Å²) in [6.45, 7) is -0.0627. The second-order valence-corrected chi connectivity index (χ2v) is 3.36. The van der Waals surface area contributed by atoms with Crippen LogP contribution in [0.5, 0.6) is 0 Å². The Morgan fingerprint density at radius 2 is 2.24 bits per heavy atom. The topological polar surface area (TPSA) is 112 Å². The van der Waals surface area contributed by atoms with Crippen LogP contribution in [0.15, 0.2) is 23.0 Å². The van der Waals surface area contributed by atoms with Crippen molar-refractivity contribution in [2.75, 3.05) is 6.61 Å². The molecule has 1 aromatic heterocycles. The third-order valence-electron chi connectivity index (χ3n) is 2.05. The van der Waals surface area contributed by atoms with Crippen LogP contribution >= 0.6 is 0 Å². The van der Waals surface area contributed by atoms with Crippen molar-refractivity contribution in [1.82, 2.24) is 10.6 Å². The molecule has 0 aliphatic carbocycles. The number of carboxylic acids is 1. The van der Waals surface area contributed by atoms with E-state index < -0.39 is 18.0 Å². The first-order chi connectivity index (χ1) is 8.13. The maximum absolute atomic E-state index is 11.3. The number of aliphatic carboxylic acids is 1. The van der Waals surface area contributed by atoms with Crippen LogP contribution in [0.3, 0.4) is 0 Å². The summed E-state index contributed by atoms with van der Waals surface area (Å²) in [4.78, 5) is 22.0. The first-order valence-corrected chi connectivity index (χ1v) is 5.02. The molecule has 0 saturated carbocycles. The summed E-state index contributed by atoms with van der Waals surface area (Å²) in [5.41, 5.74) is 0.772. The van der Waals surface area contributed by atoms with Crippen LogP contribution in [0.25, 0.3) is 0 Å². The molecule has 94 valence electrons. The van der Waals surface area contributed by atoms with Crippen LogP contribution in [0.1, 0.15) is 12.0 Å². The van der Waals surface area contributed by atoms with Crippen LogP contribution < -0.4 is 10.6 Å². The Morgan fingerprint density at radius 1 is 1.47 bits per heavy atom. The van der Waals surface area contributed by atoms with Crippen LogP contribution in [-0.2, 0) is 11.3 Å². The van der Waals surface area contributed by atoms with Gasteiger partial charge in [0, 0.05) is 25.1 Å². The van der Waals surface area contributed by atoms with E-state index in [-0.39, 0.29) is 19.6 Å². The van der Waals surface area contributed by atoms with E-state index >= 15 is 0 Å². The van der Waals surface area contributed by atoms with Crippen molar-refractivity contribution in [3.8, 4) is 0 Å². The number of hydrogen-bond donors (Lipinski definition) is 4. The number of hydrogen-bond acceptors (Lipinski definition) is 4. The van der Waals surface area contributed by atoms with Crippen LogP contribution in [-0.4, -0.2) is 34.9 Å². The molecule has 0 aromatic carbocycles. The summed E-state index contributed by atoms with van der Waals surface area (Å²) in [7, 11) is 0. The minimum Gasteiger partial charge on any atom is -0.480 e. The average Bonchev–Trinajstić information content (AvgIpc) is 2.78. The van der Waals surface area contributed by atoms with E-state index in [1.807, 2.05) is 0 Å². The second-order valence-electron chi connectivity index (χ2n) is 3.36. The van der Waals surface area contributed by atoms with E-state index in [1.165, 1.54) is 12.5 Å². The molecule has 1 unspecified atom stereocenters. The lowest BCUT2D eigenvalue weighted by atomic mass is 10.2. The molecule has 17 heavy (non-hydrogen) atoms. The molecule has 0 bridgehead atoms. The first kappa shape index (κ1) is 13.0. The molecule has 7 heteroatoms. The van der Waals surface area contributed by atoms with Crippen molar-refractivity contribution in [2.45, 2.75) is 19.0 Å². The fourth-order valence-electron chi connectivity index (χ4n) is 1.17. The largest absolute Gasteiger partial charge is 0.480 e. The van der Waals surface area contributed by atoms with Gasteiger partial charge in [0.05, 0.1) is 12.5 Å². The lowest BCUT2D eigenvalue weighted by Crippen LogP contribution is -2.46. The number of aliphatic hydroxyl groups excluding tert-OH is 1. The molecule has 1 rings (SSSR count). The van der Waals surface area contributed by atoms with Gasteiger partial charge in [-0.15, -0.1) is 0 Å². The van der Waals surface area contributed by atoms with Gasteiger partial charge < -0.3 is 25.3 Å². The molecular weight excluding hydrogens is 228 g/mol. The minimum atomic E-state index is -1.18. The van der Waals surface area contributed by atoms with Crippen molar-refractivity contribution in [3.63, 3.8) is 0 Å². The van der Waals surface area contributed by atoms with Crippen LogP contribution in [0.2, 0.25) is 0 Å². The van der Waals surface area contributed by atoms with E-state index in [0.29, 0.717) is 0 Å². The number of aliphatic hydroxyl groups is 1. The third kappa shape index (κ3) is 4.56. The van der Waals surface area contributed by atoms with Crippen molar-refractivity contribution in [3.05, 3.63) is 24.2 Å². The van der Waals surface area contributed by atoms with Gasteiger partial charge in [-0.2, -0.15) is 0 Å². The quantitative estimate of drug-likeness (QED) is 0.557. The molecule has 2 amide bonds. The highest BCUT2D eigenvalue weighted by Gasteiger charge is 2.18. The number of urea groups is 1. The average molecular weight is 242 g/mol.